The van der Waals surface area contributed by atoms with E-state index in [-0.39, 0.29) is 26.1 Å². The van der Waals surface area contributed by atoms with Gasteiger partial charge in [-0.1, -0.05) is 153 Å². The Kier molecular flexibility index (Phi) is 37.5. The fourth-order valence-corrected chi connectivity index (χ4v) is 6.77. The van der Waals surface area contributed by atoms with Gasteiger partial charge in [-0.15, -0.1) is 0 Å². The molecule has 0 aromatic carbocycles. The Labute approximate surface area is 344 Å². The zero-order valence-corrected chi connectivity index (χ0v) is 37.7. The topological polar surface area (TPSA) is 111 Å². The van der Waals surface area contributed by atoms with E-state index >= 15 is 0 Å². The summed E-state index contributed by atoms with van der Waals surface area (Å²) < 4.78 is 33.9. The zero-order valence-electron chi connectivity index (χ0n) is 36.8. The molecule has 0 saturated carbocycles. The molecular formula is C46H86NO8P. The maximum absolute atomic E-state index is 12.7. The number of phosphoric acid groups is 1. The third kappa shape index (κ3) is 41.9. The lowest BCUT2D eigenvalue weighted by Crippen LogP contribution is -2.37. The molecule has 0 rings (SSSR count). The van der Waals surface area contributed by atoms with Gasteiger partial charge in [-0.25, -0.2) is 0 Å². The zero-order chi connectivity index (χ0) is 41.4. The fourth-order valence-electron chi connectivity index (χ4n) is 6.04. The van der Waals surface area contributed by atoms with E-state index in [4.69, 9.17) is 18.5 Å². The molecule has 0 spiro atoms. The van der Waals surface area contributed by atoms with Crippen molar-refractivity contribution in [3.63, 3.8) is 0 Å². The summed E-state index contributed by atoms with van der Waals surface area (Å²) in [6, 6.07) is 0. The van der Waals surface area contributed by atoms with Crippen LogP contribution < -0.4 is 4.89 Å². The number of phosphoric ester groups is 1. The van der Waals surface area contributed by atoms with E-state index < -0.39 is 32.5 Å². The van der Waals surface area contributed by atoms with Crippen LogP contribution in [-0.4, -0.2) is 70.0 Å². The lowest BCUT2D eigenvalue weighted by Gasteiger charge is -2.28. The highest BCUT2D eigenvalue weighted by Crippen LogP contribution is 2.38. The molecule has 0 saturated heterocycles. The number of hydrogen-bond acceptors (Lipinski definition) is 8. The second-order valence-corrected chi connectivity index (χ2v) is 17.8. The summed E-state index contributed by atoms with van der Waals surface area (Å²) in [5, 5.41) is 0. The Morgan fingerprint density at radius 1 is 0.554 bits per heavy atom. The minimum atomic E-state index is -4.64. The molecule has 0 aromatic heterocycles. The van der Waals surface area contributed by atoms with Crippen LogP contribution in [0, 0.1) is 0 Å². The molecule has 0 heterocycles. The molecule has 0 aliphatic carbocycles. The highest BCUT2D eigenvalue weighted by molar-refractivity contribution is 7.45. The van der Waals surface area contributed by atoms with Crippen LogP contribution >= 0.6 is 7.82 Å². The SMILES string of the molecule is CCCCCC/C=C/CCCCCCCCCC(=O)OC[C@H](COP(=O)([O-])OCC[N+](C)(C)C)OC(=O)CCC/C=C/C/C=C/CCCCCCCCCCC. The number of likely N-dealkylation sites (N-methyl/N-ethyl adjacent to an activating group) is 1. The molecule has 1 unspecified atom stereocenters. The monoisotopic (exact) mass is 812 g/mol. The van der Waals surface area contributed by atoms with Crippen molar-refractivity contribution >= 4 is 19.8 Å². The number of esters is 2. The summed E-state index contributed by atoms with van der Waals surface area (Å²) in [6.45, 7) is 4.17. The third-order valence-electron chi connectivity index (χ3n) is 9.63. The van der Waals surface area contributed by atoms with Crippen molar-refractivity contribution in [1.82, 2.24) is 0 Å². The van der Waals surface area contributed by atoms with Gasteiger partial charge in [-0.05, 0) is 64.2 Å². The molecule has 0 amide bonds. The summed E-state index contributed by atoms with van der Waals surface area (Å²) in [4.78, 5) is 37.5. The van der Waals surface area contributed by atoms with Gasteiger partial charge in [0.15, 0.2) is 6.10 Å². The number of nitrogens with zero attached hydrogens (tertiary/aromatic N) is 1. The summed E-state index contributed by atoms with van der Waals surface area (Å²) in [7, 11) is 1.14. The maximum atomic E-state index is 12.7. The van der Waals surface area contributed by atoms with E-state index in [0.29, 0.717) is 17.4 Å². The molecule has 328 valence electrons. The molecule has 0 bridgehead atoms. The highest BCUT2D eigenvalue weighted by Gasteiger charge is 2.21. The lowest BCUT2D eigenvalue weighted by molar-refractivity contribution is -0.870. The van der Waals surface area contributed by atoms with Crippen molar-refractivity contribution in [2.45, 2.75) is 200 Å². The van der Waals surface area contributed by atoms with Crippen LogP contribution in [0.2, 0.25) is 0 Å². The van der Waals surface area contributed by atoms with Gasteiger partial charge in [0.1, 0.15) is 19.8 Å². The maximum Gasteiger partial charge on any atom is 0.306 e. The number of carbonyl (C=O) groups is 2. The van der Waals surface area contributed by atoms with Gasteiger partial charge in [0, 0.05) is 12.8 Å². The first-order valence-electron chi connectivity index (χ1n) is 22.7. The van der Waals surface area contributed by atoms with E-state index in [1.807, 2.05) is 21.1 Å². The standard InChI is InChI=1S/C46H86NO8P/c1-6-8-10-12-14-16-18-20-22-23-25-27-29-31-33-35-37-39-46(49)55-44(43-54-56(50,51)53-41-40-47(3,4)5)42-52-45(48)38-36-34-32-30-28-26-24-21-19-17-15-13-11-9-7-2/h17,19,25,27,31,33,44H,6-16,18,20-24,26,28-30,32,34-43H2,1-5H3/b19-17+,27-25+,33-31+/t44-/m1/s1. The van der Waals surface area contributed by atoms with Crippen LogP contribution in [0.25, 0.3) is 0 Å². The number of rotatable bonds is 41. The molecule has 0 aliphatic heterocycles. The van der Waals surface area contributed by atoms with Gasteiger partial charge >= 0.3 is 11.9 Å². The molecule has 0 fully saturated rings. The van der Waals surface area contributed by atoms with E-state index in [9.17, 15) is 19.0 Å². The van der Waals surface area contributed by atoms with Crippen molar-refractivity contribution < 1.29 is 42.1 Å². The van der Waals surface area contributed by atoms with Crippen molar-refractivity contribution in [2.75, 3.05) is 47.5 Å². The predicted molar refractivity (Wildman–Crippen MR) is 231 cm³/mol. The number of ether oxygens (including phenoxy) is 2. The van der Waals surface area contributed by atoms with Crippen LogP contribution in [0.3, 0.4) is 0 Å². The fraction of sp³-hybridized carbons (Fsp3) is 0.826. The quantitative estimate of drug-likeness (QED) is 0.0197. The van der Waals surface area contributed by atoms with Gasteiger partial charge in [0.2, 0.25) is 0 Å². The minimum Gasteiger partial charge on any atom is -0.756 e. The first-order chi connectivity index (χ1) is 27.0. The van der Waals surface area contributed by atoms with Gasteiger partial charge in [-0.3, -0.25) is 14.2 Å². The van der Waals surface area contributed by atoms with Crippen molar-refractivity contribution in [2.24, 2.45) is 0 Å². The van der Waals surface area contributed by atoms with Crippen molar-refractivity contribution in [3.8, 4) is 0 Å². The highest BCUT2D eigenvalue weighted by atomic mass is 31.2. The molecule has 0 aliphatic rings. The molecule has 0 radical (unpaired) electrons. The van der Waals surface area contributed by atoms with Crippen LogP contribution in [0.5, 0.6) is 0 Å². The molecule has 2 atom stereocenters. The summed E-state index contributed by atoms with van der Waals surface area (Å²) in [5.41, 5.74) is 0. The normalized spacial score (nSPS) is 13.9. The van der Waals surface area contributed by atoms with Crippen LogP contribution in [0.15, 0.2) is 36.5 Å². The van der Waals surface area contributed by atoms with Crippen LogP contribution in [0.4, 0.5) is 0 Å². The Morgan fingerprint density at radius 2 is 0.982 bits per heavy atom. The molecule has 56 heavy (non-hydrogen) atoms. The van der Waals surface area contributed by atoms with Crippen LogP contribution in [0.1, 0.15) is 194 Å². The van der Waals surface area contributed by atoms with Gasteiger partial charge in [0.05, 0.1) is 27.7 Å². The van der Waals surface area contributed by atoms with Crippen molar-refractivity contribution in [1.29, 1.82) is 0 Å². The average molecular weight is 812 g/mol. The molecule has 10 heteroatoms. The summed E-state index contributed by atoms with van der Waals surface area (Å²) in [6.07, 6.45) is 43.2. The Morgan fingerprint density at radius 3 is 1.50 bits per heavy atom. The van der Waals surface area contributed by atoms with E-state index in [1.54, 1.807) is 0 Å². The summed E-state index contributed by atoms with van der Waals surface area (Å²) >= 11 is 0. The number of allylic oxidation sites excluding steroid dienone is 6. The summed E-state index contributed by atoms with van der Waals surface area (Å²) in [5.74, 6) is -0.890. The predicted octanol–water partition coefficient (Wildman–Crippen LogP) is 12.3. The number of unbranched alkanes of at least 4 members (excludes halogenated alkanes) is 21. The van der Waals surface area contributed by atoms with Gasteiger partial charge < -0.3 is 27.9 Å². The van der Waals surface area contributed by atoms with E-state index in [2.05, 4.69) is 50.3 Å². The first kappa shape index (κ1) is 54.2. The largest absolute Gasteiger partial charge is 0.756 e. The van der Waals surface area contributed by atoms with E-state index in [1.165, 1.54) is 109 Å². The Hall–Kier alpha value is -1.77. The van der Waals surface area contributed by atoms with Crippen LogP contribution in [-0.2, 0) is 32.7 Å². The van der Waals surface area contributed by atoms with Crippen molar-refractivity contribution in [3.05, 3.63) is 36.5 Å². The number of quaternary nitrogens is 1. The van der Waals surface area contributed by atoms with E-state index in [0.717, 1.165) is 51.4 Å². The third-order valence-corrected chi connectivity index (χ3v) is 10.6. The molecule has 0 N–H and O–H groups in total. The van der Waals surface area contributed by atoms with Gasteiger partial charge in [-0.2, -0.15) is 0 Å². The number of hydrogen-bond donors (Lipinski definition) is 0. The average Bonchev–Trinajstić information content (AvgIpc) is 3.15. The minimum absolute atomic E-state index is 0.0388. The Balaban J connectivity index is 4.41. The smallest absolute Gasteiger partial charge is 0.306 e. The Bertz CT molecular complexity index is 1050. The number of carbonyl (C=O) groups excluding carboxylic acids is 2. The lowest BCUT2D eigenvalue weighted by atomic mass is 10.1. The molecular weight excluding hydrogens is 725 g/mol. The van der Waals surface area contributed by atoms with Gasteiger partial charge in [0.25, 0.3) is 7.82 Å². The second kappa shape index (κ2) is 38.7. The first-order valence-corrected chi connectivity index (χ1v) is 24.2. The second-order valence-electron chi connectivity index (χ2n) is 16.4. The molecule has 9 nitrogen and oxygen atoms in total. The molecule has 0 aromatic rings.